The second kappa shape index (κ2) is 10.4. The predicted octanol–water partition coefficient (Wildman–Crippen LogP) is 2.82. The largest absolute Gasteiger partial charge is 0.493 e. The minimum Gasteiger partial charge on any atom is -0.493 e. The maximum absolute atomic E-state index is 12.5. The van der Waals surface area contributed by atoms with Crippen molar-refractivity contribution in [2.45, 2.75) is 0 Å². The summed E-state index contributed by atoms with van der Waals surface area (Å²) in [7, 11) is 2.77. The first-order chi connectivity index (χ1) is 13.6. The average Bonchev–Trinajstić information content (AvgIpc) is 2.74. The number of amides is 1. The van der Waals surface area contributed by atoms with Crippen LogP contribution in [0.15, 0.2) is 54.6 Å². The molecule has 0 heterocycles. The zero-order valence-corrected chi connectivity index (χ0v) is 15.6. The number of carbonyl (C=O) groups excluding carboxylic acids is 2. The number of esters is 1. The summed E-state index contributed by atoms with van der Waals surface area (Å²) in [6, 6.07) is 15.9. The van der Waals surface area contributed by atoms with E-state index >= 15 is 0 Å². The Morgan fingerprint density at radius 3 is 2.50 bits per heavy atom. The third-order valence-electron chi connectivity index (χ3n) is 3.75. The Bertz CT molecular complexity index is 887. The number of hydrogen-bond donors (Lipinski definition) is 0. The van der Waals surface area contributed by atoms with E-state index in [1.165, 1.54) is 25.2 Å². The number of nitriles is 1. The molecule has 0 aromatic heterocycles. The van der Waals surface area contributed by atoms with Gasteiger partial charge in [0.15, 0.2) is 18.1 Å². The van der Waals surface area contributed by atoms with E-state index in [0.717, 1.165) is 0 Å². The fraction of sp³-hybridized carbons (Fsp3) is 0.190. The van der Waals surface area contributed by atoms with Gasteiger partial charge >= 0.3 is 5.97 Å². The highest BCUT2D eigenvalue weighted by atomic mass is 16.5. The van der Waals surface area contributed by atoms with Crippen molar-refractivity contribution < 1.29 is 23.8 Å². The molecule has 7 heteroatoms. The molecule has 0 radical (unpaired) electrons. The molecular formula is C21H20N2O5. The molecule has 0 bridgehead atoms. The molecule has 2 aromatic carbocycles. The molecule has 144 valence electrons. The fourth-order valence-corrected chi connectivity index (χ4v) is 2.36. The smallest absolute Gasteiger partial charge is 0.330 e. The number of carbonyl (C=O) groups is 2. The Balaban J connectivity index is 2.10. The van der Waals surface area contributed by atoms with Crippen LogP contribution in [-0.4, -0.2) is 39.2 Å². The summed E-state index contributed by atoms with van der Waals surface area (Å²) < 4.78 is 15.4. The lowest BCUT2D eigenvalue weighted by atomic mass is 10.2. The minimum atomic E-state index is -0.469. The molecule has 0 aliphatic rings. The van der Waals surface area contributed by atoms with E-state index in [4.69, 9.17) is 14.7 Å². The highest BCUT2D eigenvalue weighted by Crippen LogP contribution is 2.28. The number of para-hydroxylation sites is 1. The van der Waals surface area contributed by atoms with E-state index in [0.29, 0.717) is 22.7 Å². The van der Waals surface area contributed by atoms with Crippen LogP contribution in [0.3, 0.4) is 0 Å². The second-order valence-electron chi connectivity index (χ2n) is 5.53. The van der Waals surface area contributed by atoms with Crippen LogP contribution in [-0.2, 0) is 14.3 Å². The van der Waals surface area contributed by atoms with Crippen molar-refractivity contribution in [3.63, 3.8) is 0 Å². The monoisotopic (exact) mass is 380 g/mol. The third-order valence-corrected chi connectivity index (χ3v) is 3.75. The first-order valence-electron chi connectivity index (χ1n) is 8.38. The number of anilines is 1. The molecule has 2 rings (SSSR count). The Labute approximate surface area is 163 Å². The lowest BCUT2D eigenvalue weighted by molar-refractivity contribution is -0.134. The molecule has 28 heavy (non-hydrogen) atoms. The molecule has 0 N–H and O–H groups in total. The molecule has 0 saturated carbocycles. The number of ether oxygens (including phenoxy) is 3. The van der Waals surface area contributed by atoms with Gasteiger partial charge in [-0.1, -0.05) is 24.3 Å². The van der Waals surface area contributed by atoms with Crippen LogP contribution < -0.4 is 14.4 Å². The molecule has 1 amide bonds. The van der Waals surface area contributed by atoms with E-state index in [1.807, 2.05) is 12.1 Å². The Morgan fingerprint density at radius 2 is 1.86 bits per heavy atom. The van der Waals surface area contributed by atoms with Crippen molar-refractivity contribution in [1.29, 1.82) is 5.26 Å². The van der Waals surface area contributed by atoms with E-state index in [-0.39, 0.29) is 19.1 Å². The summed E-state index contributed by atoms with van der Waals surface area (Å²) in [4.78, 5) is 25.1. The summed E-state index contributed by atoms with van der Waals surface area (Å²) in [6.45, 7) is -0.342. The third kappa shape index (κ3) is 5.61. The van der Waals surface area contributed by atoms with Gasteiger partial charge < -0.3 is 14.2 Å². The van der Waals surface area contributed by atoms with Crippen LogP contribution in [0.25, 0.3) is 6.08 Å². The highest BCUT2D eigenvalue weighted by molar-refractivity contribution is 5.94. The lowest BCUT2D eigenvalue weighted by Crippen LogP contribution is -2.35. The SMILES string of the molecule is COC(=O)/C=C/c1ccc(OCC(=O)N(CC#N)c2ccccc2)c(OC)c1. The number of nitrogens with zero attached hydrogens (tertiary/aromatic N) is 2. The molecule has 0 aliphatic carbocycles. The van der Waals surface area contributed by atoms with Gasteiger partial charge in [-0.25, -0.2) is 4.79 Å². The van der Waals surface area contributed by atoms with Crippen LogP contribution in [0.1, 0.15) is 5.56 Å². The summed E-state index contributed by atoms with van der Waals surface area (Å²) in [5.74, 6) is -0.0461. The number of rotatable bonds is 8. The van der Waals surface area contributed by atoms with E-state index in [9.17, 15) is 9.59 Å². The summed E-state index contributed by atoms with van der Waals surface area (Å²) in [5, 5.41) is 9.01. The van der Waals surface area contributed by atoms with Crippen LogP contribution in [0.5, 0.6) is 11.5 Å². The van der Waals surface area contributed by atoms with Gasteiger partial charge in [0.25, 0.3) is 5.91 Å². The van der Waals surface area contributed by atoms with Crippen LogP contribution in [0.2, 0.25) is 0 Å². The molecule has 0 unspecified atom stereocenters. The van der Waals surface area contributed by atoms with Crippen molar-refractivity contribution in [3.05, 3.63) is 60.2 Å². The van der Waals surface area contributed by atoms with Gasteiger partial charge in [0.05, 0.1) is 20.3 Å². The van der Waals surface area contributed by atoms with Crippen LogP contribution in [0.4, 0.5) is 5.69 Å². The summed E-state index contributed by atoms with van der Waals surface area (Å²) in [6.07, 6.45) is 2.87. The molecule has 7 nitrogen and oxygen atoms in total. The fourth-order valence-electron chi connectivity index (χ4n) is 2.36. The Morgan fingerprint density at radius 1 is 1.11 bits per heavy atom. The van der Waals surface area contributed by atoms with Gasteiger partial charge in [-0.15, -0.1) is 0 Å². The summed E-state index contributed by atoms with van der Waals surface area (Å²) in [5.41, 5.74) is 1.32. The molecule has 0 spiro atoms. The number of methoxy groups -OCH3 is 2. The molecular weight excluding hydrogens is 360 g/mol. The first kappa shape index (κ1) is 20.5. The van der Waals surface area contributed by atoms with Crippen molar-refractivity contribution in [3.8, 4) is 17.6 Å². The topological polar surface area (TPSA) is 88.9 Å². The maximum Gasteiger partial charge on any atom is 0.330 e. The lowest BCUT2D eigenvalue weighted by Gasteiger charge is -2.20. The van der Waals surface area contributed by atoms with Gasteiger partial charge in [-0.2, -0.15) is 5.26 Å². The number of hydrogen-bond acceptors (Lipinski definition) is 6. The van der Waals surface area contributed by atoms with Gasteiger partial charge in [-0.05, 0) is 35.9 Å². The first-order valence-corrected chi connectivity index (χ1v) is 8.38. The van der Waals surface area contributed by atoms with Gasteiger partial charge in [0.2, 0.25) is 0 Å². The molecule has 2 aromatic rings. The standard InChI is InChI=1S/C21H20N2O5/c1-26-19-14-16(9-11-21(25)27-2)8-10-18(19)28-15-20(24)23(13-12-22)17-6-4-3-5-7-17/h3-11,14H,13,15H2,1-2H3/b11-9+. The van der Waals surface area contributed by atoms with Gasteiger partial charge in [-0.3, -0.25) is 9.69 Å². The van der Waals surface area contributed by atoms with Crippen molar-refractivity contribution in [1.82, 2.24) is 0 Å². The zero-order chi connectivity index (χ0) is 20.4. The van der Waals surface area contributed by atoms with Gasteiger partial charge in [0, 0.05) is 11.8 Å². The normalized spacial score (nSPS) is 10.2. The van der Waals surface area contributed by atoms with E-state index in [2.05, 4.69) is 4.74 Å². The van der Waals surface area contributed by atoms with Crippen molar-refractivity contribution in [2.75, 3.05) is 32.3 Å². The molecule has 0 saturated heterocycles. The maximum atomic E-state index is 12.5. The van der Waals surface area contributed by atoms with E-state index in [1.54, 1.807) is 48.5 Å². The average molecular weight is 380 g/mol. The highest BCUT2D eigenvalue weighted by Gasteiger charge is 2.17. The van der Waals surface area contributed by atoms with E-state index < -0.39 is 5.97 Å². The number of benzene rings is 2. The molecule has 0 fully saturated rings. The molecule has 0 aliphatic heterocycles. The summed E-state index contributed by atoms with van der Waals surface area (Å²) >= 11 is 0. The van der Waals surface area contributed by atoms with Crippen LogP contribution >= 0.6 is 0 Å². The zero-order valence-electron chi connectivity index (χ0n) is 15.6. The Hall–Kier alpha value is -3.79. The Kier molecular flexibility index (Phi) is 7.61. The quantitative estimate of drug-likeness (QED) is 0.397. The second-order valence-corrected chi connectivity index (χ2v) is 5.53. The molecule has 0 atom stereocenters. The van der Waals surface area contributed by atoms with Crippen molar-refractivity contribution in [2.24, 2.45) is 0 Å². The minimum absolute atomic E-state index is 0.0827. The van der Waals surface area contributed by atoms with Crippen LogP contribution in [0, 0.1) is 11.3 Å². The van der Waals surface area contributed by atoms with Gasteiger partial charge in [0.1, 0.15) is 6.54 Å². The van der Waals surface area contributed by atoms with Crippen molar-refractivity contribution >= 4 is 23.6 Å². The predicted molar refractivity (Wildman–Crippen MR) is 104 cm³/mol.